The zero-order valence-corrected chi connectivity index (χ0v) is 13.5. The Morgan fingerprint density at radius 1 is 1.08 bits per heavy atom. The second-order valence-corrected chi connectivity index (χ2v) is 5.58. The van der Waals surface area contributed by atoms with Crippen molar-refractivity contribution < 1.29 is 17.9 Å². The molecule has 0 aliphatic carbocycles. The highest BCUT2D eigenvalue weighted by atomic mass is 35.5. The van der Waals surface area contributed by atoms with Gasteiger partial charge in [0.1, 0.15) is 12.1 Å². The number of nitrogens with one attached hydrogen (secondary N) is 1. The highest BCUT2D eigenvalue weighted by molar-refractivity contribution is 6.31. The summed E-state index contributed by atoms with van der Waals surface area (Å²) in [4.78, 5) is 12.1. The summed E-state index contributed by atoms with van der Waals surface area (Å²) in [6.07, 6.45) is -1.61. The third kappa shape index (κ3) is 4.69. The highest BCUT2D eigenvalue weighted by Gasteiger charge is 2.28. The van der Waals surface area contributed by atoms with E-state index in [2.05, 4.69) is 25.0 Å². The van der Waals surface area contributed by atoms with Gasteiger partial charge in [0.15, 0.2) is 6.61 Å². The van der Waals surface area contributed by atoms with Gasteiger partial charge in [0.2, 0.25) is 5.88 Å². The van der Waals surface area contributed by atoms with E-state index in [1.807, 2.05) is 0 Å². The van der Waals surface area contributed by atoms with Gasteiger partial charge in [-0.25, -0.2) is 15.0 Å². The molecule has 5 nitrogen and oxygen atoms in total. The van der Waals surface area contributed by atoms with Crippen molar-refractivity contribution in [3.63, 3.8) is 0 Å². The smallest absolute Gasteiger partial charge is 0.422 e. The van der Waals surface area contributed by atoms with Crippen molar-refractivity contribution in [1.29, 1.82) is 0 Å². The van der Waals surface area contributed by atoms with Crippen LogP contribution in [0.1, 0.15) is 5.56 Å². The predicted octanol–water partition coefficient (Wildman–Crippen LogP) is 4.23. The Bertz CT molecular complexity index is 889. The molecule has 0 unspecified atom stereocenters. The van der Waals surface area contributed by atoms with Gasteiger partial charge >= 0.3 is 6.18 Å². The third-order valence-corrected chi connectivity index (χ3v) is 3.48. The van der Waals surface area contributed by atoms with E-state index < -0.39 is 12.8 Å². The summed E-state index contributed by atoms with van der Waals surface area (Å²) in [5.41, 5.74) is 1.39. The summed E-state index contributed by atoms with van der Waals surface area (Å²) in [6.45, 7) is -1.05. The highest BCUT2D eigenvalue weighted by Crippen LogP contribution is 2.23. The Balaban J connectivity index is 1.72. The van der Waals surface area contributed by atoms with Crippen molar-refractivity contribution in [1.82, 2.24) is 15.0 Å². The first-order valence-corrected chi connectivity index (χ1v) is 7.57. The molecule has 9 heteroatoms. The molecule has 3 aromatic rings. The van der Waals surface area contributed by atoms with Crippen molar-refractivity contribution >= 4 is 28.3 Å². The largest absolute Gasteiger partial charge is 0.468 e. The van der Waals surface area contributed by atoms with Crippen molar-refractivity contribution in [2.24, 2.45) is 0 Å². The fraction of sp³-hybridized carbons (Fsp3) is 0.188. The number of ether oxygens (including phenoxy) is 1. The van der Waals surface area contributed by atoms with Crippen molar-refractivity contribution in [2.75, 3.05) is 11.9 Å². The van der Waals surface area contributed by atoms with Crippen LogP contribution in [0.2, 0.25) is 5.02 Å². The number of hydrogen-bond donors (Lipinski definition) is 1. The number of alkyl halides is 3. The Hall–Kier alpha value is -2.61. The molecule has 1 aromatic carbocycles. The Kier molecular flexibility index (Phi) is 4.89. The molecular weight excluding hydrogens is 357 g/mol. The van der Waals surface area contributed by atoms with E-state index in [0.717, 1.165) is 5.39 Å². The normalized spacial score (nSPS) is 11.5. The maximum atomic E-state index is 12.2. The fourth-order valence-corrected chi connectivity index (χ4v) is 2.32. The lowest BCUT2D eigenvalue weighted by Gasteiger charge is -2.11. The minimum atomic E-state index is -4.41. The molecule has 0 radical (unpaired) electrons. The predicted molar refractivity (Wildman–Crippen MR) is 87.7 cm³/mol. The molecule has 0 aliphatic heterocycles. The summed E-state index contributed by atoms with van der Waals surface area (Å²) in [5.74, 6) is 0.507. The zero-order valence-electron chi connectivity index (χ0n) is 12.7. The summed E-state index contributed by atoms with van der Waals surface area (Å²) < 4.78 is 41.2. The minimum absolute atomic E-state index is 0.0871. The van der Waals surface area contributed by atoms with Gasteiger partial charge < -0.3 is 10.1 Å². The van der Waals surface area contributed by atoms with Crippen LogP contribution >= 0.6 is 11.6 Å². The maximum Gasteiger partial charge on any atom is 0.422 e. The monoisotopic (exact) mass is 368 g/mol. The van der Waals surface area contributed by atoms with Crippen molar-refractivity contribution in [3.05, 3.63) is 53.4 Å². The van der Waals surface area contributed by atoms with E-state index in [0.29, 0.717) is 28.5 Å². The molecular formula is C16H12ClF3N4O. The molecule has 0 saturated heterocycles. The lowest BCUT2D eigenvalue weighted by Crippen LogP contribution is -2.19. The molecule has 130 valence electrons. The molecule has 0 bridgehead atoms. The molecule has 0 saturated carbocycles. The first-order valence-electron chi connectivity index (χ1n) is 7.19. The van der Waals surface area contributed by atoms with Gasteiger partial charge in [-0.05, 0) is 29.8 Å². The first kappa shape index (κ1) is 17.2. The van der Waals surface area contributed by atoms with E-state index in [4.69, 9.17) is 11.6 Å². The van der Waals surface area contributed by atoms with E-state index in [1.54, 1.807) is 24.3 Å². The average Bonchev–Trinajstić information content (AvgIpc) is 2.57. The molecule has 3 rings (SSSR count). The van der Waals surface area contributed by atoms with Crippen LogP contribution in [-0.4, -0.2) is 27.7 Å². The second kappa shape index (κ2) is 7.10. The van der Waals surface area contributed by atoms with Gasteiger partial charge in [-0.1, -0.05) is 11.6 Å². The summed E-state index contributed by atoms with van der Waals surface area (Å²) >= 11 is 5.94. The molecule has 25 heavy (non-hydrogen) atoms. The second-order valence-electron chi connectivity index (χ2n) is 5.14. The zero-order chi connectivity index (χ0) is 17.9. The Morgan fingerprint density at radius 2 is 1.92 bits per heavy atom. The van der Waals surface area contributed by atoms with Crippen LogP contribution in [0.15, 0.2) is 42.9 Å². The lowest BCUT2D eigenvalue weighted by molar-refractivity contribution is -0.154. The van der Waals surface area contributed by atoms with Gasteiger partial charge in [-0.15, -0.1) is 0 Å². The molecule has 2 aromatic heterocycles. The molecule has 1 N–H and O–H groups in total. The topological polar surface area (TPSA) is 59.9 Å². The number of halogens is 4. The van der Waals surface area contributed by atoms with Crippen molar-refractivity contribution in [3.8, 4) is 5.88 Å². The molecule has 0 aliphatic rings. The van der Waals surface area contributed by atoms with Gasteiger partial charge in [0, 0.05) is 29.2 Å². The molecule has 2 heterocycles. The van der Waals surface area contributed by atoms with Gasteiger partial charge in [0.05, 0.1) is 5.52 Å². The Labute approximate surface area is 145 Å². The molecule has 0 atom stereocenters. The summed E-state index contributed by atoms with van der Waals surface area (Å²) in [5, 5.41) is 4.48. The number of nitrogens with zero attached hydrogens (tertiary/aromatic N) is 3. The SMILES string of the molecule is FC(F)(F)COc1cc(CNc2ncnc3cc(Cl)ccc23)ccn1. The van der Waals surface area contributed by atoms with Gasteiger partial charge in [-0.2, -0.15) is 13.2 Å². The van der Waals surface area contributed by atoms with Crippen molar-refractivity contribution in [2.45, 2.75) is 12.7 Å². The van der Waals surface area contributed by atoms with Crippen LogP contribution in [0.25, 0.3) is 10.9 Å². The van der Waals surface area contributed by atoms with Crippen LogP contribution in [0.5, 0.6) is 5.88 Å². The number of aromatic nitrogens is 3. The molecule has 0 spiro atoms. The van der Waals surface area contributed by atoms with Crippen LogP contribution < -0.4 is 10.1 Å². The number of pyridine rings is 1. The standard InChI is InChI=1S/C16H12ClF3N4O/c17-11-1-2-12-13(6-11)23-9-24-15(12)22-7-10-3-4-21-14(5-10)25-8-16(18,19)20/h1-6,9H,7-8H2,(H,22,23,24). The third-order valence-electron chi connectivity index (χ3n) is 3.24. The number of hydrogen-bond acceptors (Lipinski definition) is 5. The Morgan fingerprint density at radius 3 is 2.72 bits per heavy atom. The van der Waals surface area contributed by atoms with Crippen LogP contribution in [0.3, 0.4) is 0 Å². The minimum Gasteiger partial charge on any atom is -0.468 e. The number of anilines is 1. The molecule has 0 fully saturated rings. The summed E-state index contributed by atoms with van der Waals surface area (Å²) in [6, 6.07) is 8.37. The van der Waals surface area contributed by atoms with E-state index in [-0.39, 0.29) is 5.88 Å². The van der Waals surface area contributed by atoms with Crippen LogP contribution in [0, 0.1) is 0 Å². The average molecular weight is 369 g/mol. The first-order chi connectivity index (χ1) is 11.9. The quantitative estimate of drug-likeness (QED) is 0.730. The van der Waals surface area contributed by atoms with Gasteiger partial charge in [0.25, 0.3) is 0 Å². The number of fused-ring (bicyclic) bond motifs is 1. The van der Waals surface area contributed by atoms with E-state index >= 15 is 0 Å². The number of rotatable bonds is 5. The lowest BCUT2D eigenvalue weighted by atomic mass is 10.2. The van der Waals surface area contributed by atoms with Crippen LogP contribution in [-0.2, 0) is 6.54 Å². The number of benzene rings is 1. The maximum absolute atomic E-state index is 12.2. The fourth-order valence-electron chi connectivity index (χ4n) is 2.15. The van der Waals surface area contributed by atoms with Crippen LogP contribution in [0.4, 0.5) is 19.0 Å². The van der Waals surface area contributed by atoms with E-state index in [9.17, 15) is 13.2 Å². The summed E-state index contributed by atoms with van der Waals surface area (Å²) in [7, 11) is 0. The van der Waals surface area contributed by atoms with Gasteiger partial charge in [-0.3, -0.25) is 0 Å². The van der Waals surface area contributed by atoms with E-state index in [1.165, 1.54) is 18.6 Å². The molecule has 0 amide bonds.